The molecule has 0 spiro atoms. The molecule has 0 heterocycles. The molecule has 0 unspecified atom stereocenters. The molecule has 0 saturated carbocycles. The SMILES string of the molecule is COc1ccc(NC(=O)CCNS(=O)(=O)c2cc(C)ccc2C)cc1OC(F)F. The van der Waals surface area contributed by atoms with Crippen LogP contribution in [0.2, 0.25) is 0 Å². The maximum Gasteiger partial charge on any atom is 0.387 e. The maximum absolute atomic E-state index is 12.5. The number of methoxy groups -OCH3 is 1. The Balaban J connectivity index is 1.97. The molecule has 2 N–H and O–H groups in total. The normalized spacial score (nSPS) is 11.4. The van der Waals surface area contributed by atoms with Gasteiger partial charge in [0, 0.05) is 24.7 Å². The molecule has 10 heteroatoms. The molecule has 2 rings (SSSR count). The predicted octanol–water partition coefficient (Wildman–Crippen LogP) is 3.22. The van der Waals surface area contributed by atoms with E-state index in [1.54, 1.807) is 26.0 Å². The Bertz CT molecular complexity index is 981. The van der Waals surface area contributed by atoms with Crippen LogP contribution in [0.3, 0.4) is 0 Å². The monoisotopic (exact) mass is 428 g/mol. The van der Waals surface area contributed by atoms with Crippen LogP contribution in [0.5, 0.6) is 11.5 Å². The second-order valence-corrected chi connectivity index (χ2v) is 7.94. The quantitative estimate of drug-likeness (QED) is 0.640. The number of sulfonamides is 1. The molecule has 29 heavy (non-hydrogen) atoms. The summed E-state index contributed by atoms with van der Waals surface area (Å²) >= 11 is 0. The van der Waals surface area contributed by atoms with Crippen LogP contribution >= 0.6 is 0 Å². The van der Waals surface area contributed by atoms with Crippen LogP contribution in [0.4, 0.5) is 14.5 Å². The maximum atomic E-state index is 12.5. The predicted molar refractivity (Wildman–Crippen MR) is 104 cm³/mol. The van der Waals surface area contributed by atoms with E-state index in [1.165, 1.54) is 25.3 Å². The second kappa shape index (κ2) is 9.66. The van der Waals surface area contributed by atoms with Crippen LogP contribution in [-0.4, -0.2) is 34.6 Å². The molecule has 2 aromatic carbocycles. The van der Waals surface area contributed by atoms with Crippen LogP contribution in [0.25, 0.3) is 0 Å². The Morgan fingerprint density at radius 1 is 1.10 bits per heavy atom. The van der Waals surface area contributed by atoms with E-state index in [1.807, 2.05) is 6.07 Å². The van der Waals surface area contributed by atoms with E-state index in [4.69, 9.17) is 4.74 Å². The smallest absolute Gasteiger partial charge is 0.387 e. The van der Waals surface area contributed by atoms with Gasteiger partial charge in [0.05, 0.1) is 12.0 Å². The van der Waals surface area contributed by atoms with E-state index in [0.29, 0.717) is 5.56 Å². The summed E-state index contributed by atoms with van der Waals surface area (Å²) < 4.78 is 61.4. The molecular weight excluding hydrogens is 406 g/mol. The summed E-state index contributed by atoms with van der Waals surface area (Å²) in [5.41, 5.74) is 1.61. The number of aryl methyl sites for hydroxylation is 2. The van der Waals surface area contributed by atoms with Gasteiger partial charge in [-0.2, -0.15) is 8.78 Å². The third-order valence-corrected chi connectivity index (χ3v) is 5.54. The van der Waals surface area contributed by atoms with Crippen molar-refractivity contribution in [2.45, 2.75) is 31.8 Å². The number of ether oxygens (including phenoxy) is 2. The van der Waals surface area contributed by atoms with Gasteiger partial charge in [-0.15, -0.1) is 0 Å². The lowest BCUT2D eigenvalue weighted by molar-refractivity contribution is -0.116. The lowest BCUT2D eigenvalue weighted by Gasteiger charge is -2.13. The summed E-state index contributed by atoms with van der Waals surface area (Å²) in [4.78, 5) is 12.2. The Morgan fingerprint density at radius 3 is 2.48 bits per heavy atom. The Kier molecular flexibility index (Phi) is 7.52. The molecule has 0 atom stereocenters. The number of halogens is 2. The number of nitrogens with one attached hydrogen (secondary N) is 2. The van der Waals surface area contributed by atoms with E-state index in [-0.39, 0.29) is 35.0 Å². The van der Waals surface area contributed by atoms with Gasteiger partial charge in [-0.05, 0) is 43.2 Å². The Morgan fingerprint density at radius 2 is 1.83 bits per heavy atom. The number of alkyl halides is 2. The molecule has 1 amide bonds. The minimum Gasteiger partial charge on any atom is -0.493 e. The molecule has 0 fully saturated rings. The van der Waals surface area contributed by atoms with Crippen LogP contribution < -0.4 is 19.5 Å². The number of rotatable bonds is 9. The molecule has 7 nitrogen and oxygen atoms in total. The number of hydrogen-bond acceptors (Lipinski definition) is 5. The molecule has 158 valence electrons. The third-order valence-electron chi connectivity index (χ3n) is 3.94. The highest BCUT2D eigenvalue weighted by atomic mass is 32.2. The van der Waals surface area contributed by atoms with Gasteiger partial charge in [-0.25, -0.2) is 13.1 Å². The molecule has 2 aromatic rings. The molecule has 0 aliphatic rings. The number of carbonyl (C=O) groups excluding carboxylic acids is 1. The van der Waals surface area contributed by atoms with Crippen LogP contribution in [0.15, 0.2) is 41.3 Å². The molecule has 0 saturated heterocycles. The van der Waals surface area contributed by atoms with Crippen molar-refractivity contribution in [1.82, 2.24) is 4.72 Å². The minimum atomic E-state index is -3.76. The lowest BCUT2D eigenvalue weighted by atomic mass is 10.2. The van der Waals surface area contributed by atoms with Crippen LogP contribution in [0.1, 0.15) is 17.5 Å². The van der Waals surface area contributed by atoms with Gasteiger partial charge in [0.25, 0.3) is 0 Å². The van der Waals surface area contributed by atoms with E-state index in [0.717, 1.165) is 5.56 Å². The van der Waals surface area contributed by atoms with E-state index in [2.05, 4.69) is 14.8 Å². The molecule has 0 radical (unpaired) electrons. The van der Waals surface area contributed by atoms with Gasteiger partial charge in [0.15, 0.2) is 11.5 Å². The lowest BCUT2D eigenvalue weighted by Crippen LogP contribution is -2.28. The summed E-state index contributed by atoms with van der Waals surface area (Å²) in [6, 6.07) is 9.09. The van der Waals surface area contributed by atoms with Gasteiger partial charge in [-0.1, -0.05) is 12.1 Å². The zero-order valence-electron chi connectivity index (χ0n) is 16.2. The molecular formula is C19H22F2N2O5S. The zero-order valence-corrected chi connectivity index (χ0v) is 17.0. The van der Waals surface area contributed by atoms with Crippen molar-refractivity contribution >= 4 is 21.6 Å². The highest BCUT2D eigenvalue weighted by Crippen LogP contribution is 2.31. The first-order chi connectivity index (χ1) is 13.6. The molecule has 0 aliphatic heterocycles. The fourth-order valence-electron chi connectivity index (χ4n) is 2.54. The first-order valence-electron chi connectivity index (χ1n) is 8.62. The van der Waals surface area contributed by atoms with Gasteiger partial charge in [0.2, 0.25) is 15.9 Å². The highest BCUT2D eigenvalue weighted by molar-refractivity contribution is 7.89. The number of anilines is 1. The second-order valence-electron chi connectivity index (χ2n) is 6.21. The summed E-state index contributed by atoms with van der Waals surface area (Å²) in [6.07, 6.45) is -0.152. The van der Waals surface area contributed by atoms with Gasteiger partial charge < -0.3 is 14.8 Å². The largest absolute Gasteiger partial charge is 0.493 e. The van der Waals surface area contributed by atoms with E-state index in [9.17, 15) is 22.0 Å². The number of benzene rings is 2. The van der Waals surface area contributed by atoms with Crippen molar-refractivity contribution in [1.29, 1.82) is 0 Å². The van der Waals surface area contributed by atoms with Gasteiger partial charge >= 0.3 is 6.61 Å². The highest BCUT2D eigenvalue weighted by Gasteiger charge is 2.17. The summed E-state index contributed by atoms with van der Waals surface area (Å²) in [5.74, 6) is -0.637. The average Bonchev–Trinajstić information content (AvgIpc) is 2.63. The number of carbonyl (C=O) groups is 1. The summed E-state index contributed by atoms with van der Waals surface area (Å²) in [5, 5.41) is 2.50. The average molecular weight is 428 g/mol. The van der Waals surface area contributed by atoms with E-state index < -0.39 is 22.5 Å². The standard InChI is InChI=1S/C19H22F2N2O5S/c1-12-4-5-13(2)17(10-12)29(25,26)22-9-8-18(24)23-14-6-7-15(27-3)16(11-14)28-19(20)21/h4-7,10-11,19,22H,8-9H2,1-3H3,(H,23,24). The zero-order chi connectivity index (χ0) is 21.6. The van der Waals surface area contributed by atoms with Crippen molar-refractivity contribution in [3.05, 3.63) is 47.5 Å². The fraction of sp³-hybridized carbons (Fsp3) is 0.316. The van der Waals surface area contributed by atoms with Crippen molar-refractivity contribution < 1.29 is 31.5 Å². The molecule has 0 bridgehead atoms. The Hall–Kier alpha value is -2.72. The van der Waals surface area contributed by atoms with Crippen molar-refractivity contribution in [3.63, 3.8) is 0 Å². The van der Waals surface area contributed by atoms with Crippen molar-refractivity contribution in [2.24, 2.45) is 0 Å². The summed E-state index contributed by atoms with van der Waals surface area (Å²) in [6.45, 7) is 0.295. The minimum absolute atomic E-state index is 0.0876. The number of amides is 1. The van der Waals surface area contributed by atoms with E-state index >= 15 is 0 Å². The summed E-state index contributed by atoms with van der Waals surface area (Å²) in [7, 11) is -2.46. The van der Waals surface area contributed by atoms with Crippen molar-refractivity contribution in [2.75, 3.05) is 19.0 Å². The van der Waals surface area contributed by atoms with Gasteiger partial charge in [0.1, 0.15) is 0 Å². The molecule has 0 aromatic heterocycles. The Labute approximate surface area is 168 Å². The van der Waals surface area contributed by atoms with Crippen molar-refractivity contribution in [3.8, 4) is 11.5 Å². The fourth-order valence-corrected chi connectivity index (χ4v) is 3.90. The van der Waals surface area contributed by atoms with Crippen LogP contribution in [-0.2, 0) is 14.8 Å². The third kappa shape index (κ3) is 6.40. The first-order valence-corrected chi connectivity index (χ1v) is 10.1. The van der Waals surface area contributed by atoms with Gasteiger partial charge in [-0.3, -0.25) is 4.79 Å². The number of hydrogen-bond donors (Lipinski definition) is 2. The topological polar surface area (TPSA) is 93.7 Å². The first kappa shape index (κ1) is 22.6. The molecule has 0 aliphatic carbocycles. The van der Waals surface area contributed by atoms with Crippen LogP contribution in [0, 0.1) is 13.8 Å².